The van der Waals surface area contributed by atoms with E-state index in [2.05, 4.69) is 32.8 Å². The summed E-state index contributed by atoms with van der Waals surface area (Å²) in [4.78, 5) is 0. The summed E-state index contributed by atoms with van der Waals surface area (Å²) >= 11 is 0. The van der Waals surface area contributed by atoms with E-state index in [1.54, 1.807) is 0 Å². The van der Waals surface area contributed by atoms with Crippen LogP contribution in [0.4, 0.5) is 0 Å². The normalized spacial score (nSPS) is 49.8. The maximum atomic E-state index is 6.04. The first-order valence-corrected chi connectivity index (χ1v) is 12.3. The van der Waals surface area contributed by atoms with E-state index in [1.165, 1.54) is 70.6 Å². The van der Waals surface area contributed by atoms with Gasteiger partial charge in [0.2, 0.25) is 0 Å². The van der Waals surface area contributed by atoms with Crippen LogP contribution in [0.25, 0.3) is 0 Å². The van der Waals surface area contributed by atoms with Crippen molar-refractivity contribution in [3.05, 3.63) is 0 Å². The number of rotatable bonds is 4. The van der Waals surface area contributed by atoms with Gasteiger partial charge in [0.15, 0.2) is 0 Å². The van der Waals surface area contributed by atoms with Gasteiger partial charge < -0.3 is 11.6 Å². The summed E-state index contributed by atoms with van der Waals surface area (Å²) in [7, 11) is 0. The second-order valence-electron chi connectivity index (χ2n) is 11.7. The van der Waals surface area contributed by atoms with E-state index < -0.39 is 0 Å². The highest BCUT2D eigenvalue weighted by Crippen LogP contribution is 2.76. The third-order valence-electron chi connectivity index (χ3n) is 10.9. The first kappa shape index (κ1) is 20.5. The fourth-order valence-electron chi connectivity index (χ4n) is 9.88. The van der Waals surface area contributed by atoms with E-state index in [4.69, 9.17) is 11.6 Å². The van der Waals surface area contributed by atoms with Crippen molar-refractivity contribution in [1.29, 1.82) is 0 Å². The van der Waals surface area contributed by atoms with Crippen molar-refractivity contribution >= 4 is 5.84 Å². The molecule has 4 aliphatic carbocycles. The average molecular weight is 388 g/mol. The van der Waals surface area contributed by atoms with Gasteiger partial charge in [0.05, 0.1) is 0 Å². The quantitative estimate of drug-likeness (QED) is 0.266. The lowest BCUT2D eigenvalue weighted by Crippen LogP contribution is -2.53. The Kier molecular flexibility index (Phi) is 5.28. The minimum atomic E-state index is 0.486. The van der Waals surface area contributed by atoms with E-state index in [0.29, 0.717) is 28.0 Å². The molecule has 0 bridgehead atoms. The third kappa shape index (κ3) is 2.70. The summed E-state index contributed by atoms with van der Waals surface area (Å²) in [6.07, 6.45) is 16.9. The fraction of sp³-hybridized carbons (Fsp3) is 0.960. The number of hydrogen-bond acceptors (Lipinski definition) is 2. The van der Waals surface area contributed by atoms with Crippen molar-refractivity contribution in [2.75, 3.05) is 0 Å². The summed E-state index contributed by atoms with van der Waals surface area (Å²) in [5.41, 5.74) is 7.72. The second kappa shape index (κ2) is 7.20. The van der Waals surface area contributed by atoms with Crippen LogP contribution in [0, 0.1) is 45.8 Å². The zero-order valence-electron chi connectivity index (χ0n) is 19.0. The van der Waals surface area contributed by atoms with Crippen LogP contribution in [-0.4, -0.2) is 5.84 Å². The van der Waals surface area contributed by atoms with Gasteiger partial charge in [-0.2, -0.15) is 5.10 Å². The molecule has 6 unspecified atom stereocenters. The van der Waals surface area contributed by atoms with Gasteiger partial charge in [0, 0.05) is 6.42 Å². The van der Waals surface area contributed by atoms with Crippen molar-refractivity contribution in [3.8, 4) is 0 Å². The third-order valence-corrected chi connectivity index (χ3v) is 10.9. The molecule has 8 atom stereocenters. The van der Waals surface area contributed by atoms with Gasteiger partial charge in [-0.3, -0.25) is 0 Å². The molecule has 0 heterocycles. The molecule has 0 aliphatic heterocycles. The molecule has 0 aromatic heterocycles. The molecular formula is C25H45N3. The summed E-state index contributed by atoms with van der Waals surface area (Å²) in [6, 6.07) is 0. The molecule has 160 valence electrons. The van der Waals surface area contributed by atoms with Gasteiger partial charge in [-0.25, -0.2) is 0 Å². The smallest absolute Gasteiger partial charge is 0.119 e. The van der Waals surface area contributed by atoms with Crippen LogP contribution in [0.15, 0.2) is 5.10 Å². The maximum Gasteiger partial charge on any atom is 0.119 e. The molecule has 3 nitrogen and oxygen atoms in total. The van der Waals surface area contributed by atoms with Crippen LogP contribution in [0.1, 0.15) is 105 Å². The Balaban J connectivity index is 1.68. The summed E-state index contributed by atoms with van der Waals surface area (Å²) in [6.45, 7) is 10.3. The van der Waals surface area contributed by atoms with E-state index in [1.807, 2.05) is 0 Å². The molecule has 4 aliphatic rings. The molecule has 4 fully saturated rings. The number of amidine groups is 1. The number of nitrogens with two attached hydrogens (primary N) is 2. The predicted molar refractivity (Wildman–Crippen MR) is 119 cm³/mol. The lowest BCUT2D eigenvalue weighted by atomic mass is 9.44. The van der Waals surface area contributed by atoms with Crippen molar-refractivity contribution in [2.45, 2.75) is 105 Å². The van der Waals surface area contributed by atoms with Crippen LogP contribution in [0.3, 0.4) is 0 Å². The molecule has 0 aromatic rings. The molecule has 1 spiro atoms. The molecule has 4 N–H and O–H groups in total. The zero-order chi connectivity index (χ0) is 20.2. The molecule has 0 aromatic carbocycles. The molecule has 28 heavy (non-hydrogen) atoms. The van der Waals surface area contributed by atoms with Crippen LogP contribution < -0.4 is 11.6 Å². The van der Waals surface area contributed by atoms with Crippen molar-refractivity contribution in [3.63, 3.8) is 0 Å². The average Bonchev–Trinajstić information content (AvgIpc) is 3.15. The van der Waals surface area contributed by atoms with Gasteiger partial charge in [0.25, 0.3) is 0 Å². The standard InChI is InChI=1S/C25H45N3/c1-5-18-16-25(24(4)13-7-6-9-20(18)24)14-8-12-23(3)19(10-11-21(23)25)17(2)15-22(26)28-27/h17-21H,5-16,27H2,1-4H3,(H2,26,28)/t17-,18+,19?,20?,21?,23?,24?,25?/m1/s1. The summed E-state index contributed by atoms with van der Waals surface area (Å²) in [5, 5.41) is 3.78. The van der Waals surface area contributed by atoms with E-state index >= 15 is 0 Å². The first-order valence-electron chi connectivity index (χ1n) is 12.3. The second-order valence-corrected chi connectivity index (χ2v) is 11.7. The van der Waals surface area contributed by atoms with Gasteiger partial charge in [0.1, 0.15) is 5.84 Å². The van der Waals surface area contributed by atoms with Gasteiger partial charge >= 0.3 is 0 Å². The molecule has 0 saturated heterocycles. The highest BCUT2D eigenvalue weighted by molar-refractivity contribution is 5.80. The number of hydrazone groups is 1. The molecule has 4 rings (SSSR count). The first-order chi connectivity index (χ1) is 13.3. The Morgan fingerprint density at radius 2 is 1.86 bits per heavy atom. The largest absolute Gasteiger partial charge is 0.386 e. The SMILES string of the molecule is CC[C@H]1CC2(CCCC3(C)C([C@H](C)C/C(N)=N/N)CCC32)C2(C)CCCCC12. The van der Waals surface area contributed by atoms with Crippen molar-refractivity contribution in [2.24, 2.45) is 62.5 Å². The maximum absolute atomic E-state index is 6.04. The Morgan fingerprint density at radius 3 is 2.57 bits per heavy atom. The number of fused-ring (bicyclic) bond motifs is 4. The Labute approximate surface area is 173 Å². The highest BCUT2D eigenvalue weighted by atomic mass is 15.1. The summed E-state index contributed by atoms with van der Waals surface area (Å²) in [5.74, 6) is 10.4. The van der Waals surface area contributed by atoms with Gasteiger partial charge in [-0.1, -0.05) is 53.4 Å². The van der Waals surface area contributed by atoms with Crippen LogP contribution in [-0.2, 0) is 0 Å². The molecule has 4 saturated carbocycles. The number of hydrogen-bond donors (Lipinski definition) is 2. The summed E-state index contributed by atoms with van der Waals surface area (Å²) < 4.78 is 0. The molecule has 0 radical (unpaired) electrons. The number of nitrogens with zero attached hydrogens (tertiary/aromatic N) is 1. The minimum Gasteiger partial charge on any atom is -0.386 e. The van der Waals surface area contributed by atoms with Crippen molar-refractivity contribution < 1.29 is 0 Å². The van der Waals surface area contributed by atoms with E-state index in [0.717, 1.165) is 30.1 Å². The van der Waals surface area contributed by atoms with Crippen LogP contribution in [0.2, 0.25) is 0 Å². The van der Waals surface area contributed by atoms with Crippen LogP contribution in [0.5, 0.6) is 0 Å². The van der Waals surface area contributed by atoms with E-state index in [-0.39, 0.29) is 0 Å². The lowest BCUT2D eigenvalue weighted by Gasteiger charge is -2.60. The fourth-order valence-corrected chi connectivity index (χ4v) is 9.88. The monoisotopic (exact) mass is 387 g/mol. The van der Waals surface area contributed by atoms with Gasteiger partial charge in [-0.15, -0.1) is 0 Å². The van der Waals surface area contributed by atoms with Crippen molar-refractivity contribution in [1.82, 2.24) is 0 Å². The van der Waals surface area contributed by atoms with E-state index in [9.17, 15) is 0 Å². The Bertz CT molecular complexity index is 615. The Hall–Kier alpha value is -0.730. The lowest BCUT2D eigenvalue weighted by molar-refractivity contribution is -0.113. The van der Waals surface area contributed by atoms with Gasteiger partial charge in [-0.05, 0) is 90.8 Å². The predicted octanol–water partition coefficient (Wildman–Crippen LogP) is 6.07. The highest BCUT2D eigenvalue weighted by Gasteiger charge is 2.68. The molecule has 0 amide bonds. The minimum absolute atomic E-state index is 0.486. The Morgan fingerprint density at radius 1 is 1.07 bits per heavy atom. The zero-order valence-corrected chi connectivity index (χ0v) is 19.0. The van der Waals surface area contributed by atoms with Crippen LogP contribution >= 0.6 is 0 Å². The topological polar surface area (TPSA) is 64.4 Å². The molecular weight excluding hydrogens is 342 g/mol. The molecule has 3 heteroatoms.